The summed E-state index contributed by atoms with van der Waals surface area (Å²) in [5.41, 5.74) is 0.392. The highest BCUT2D eigenvalue weighted by atomic mass is 16.5. The first kappa shape index (κ1) is 12.6. The first-order chi connectivity index (χ1) is 9.63. The highest BCUT2D eigenvalue weighted by molar-refractivity contribution is 5.94. The van der Waals surface area contributed by atoms with Crippen molar-refractivity contribution in [1.82, 2.24) is 19.6 Å². The van der Waals surface area contributed by atoms with Crippen LogP contribution in [0.3, 0.4) is 0 Å². The van der Waals surface area contributed by atoms with Crippen molar-refractivity contribution < 1.29 is 19.4 Å². The van der Waals surface area contributed by atoms with Gasteiger partial charge in [0.25, 0.3) is 5.95 Å². The van der Waals surface area contributed by atoms with Crippen LogP contribution in [0, 0.1) is 0 Å². The third-order valence-electron chi connectivity index (χ3n) is 3.04. The van der Waals surface area contributed by atoms with Gasteiger partial charge in [-0.2, -0.15) is 14.5 Å². The van der Waals surface area contributed by atoms with Gasteiger partial charge in [-0.25, -0.2) is 0 Å². The minimum absolute atomic E-state index is 0.0715. The van der Waals surface area contributed by atoms with Crippen molar-refractivity contribution >= 4 is 17.5 Å². The summed E-state index contributed by atoms with van der Waals surface area (Å²) >= 11 is 0. The summed E-state index contributed by atoms with van der Waals surface area (Å²) in [6, 6.07) is 0.228. The molecule has 1 amide bonds. The van der Waals surface area contributed by atoms with Crippen LogP contribution in [0.15, 0.2) is 6.20 Å². The number of fused-ring (bicyclic) bond motifs is 1. The molecule has 0 radical (unpaired) electrons. The minimum atomic E-state index is -0.698. The van der Waals surface area contributed by atoms with Crippen molar-refractivity contribution in [2.45, 2.75) is 12.5 Å². The second kappa shape index (κ2) is 4.60. The third kappa shape index (κ3) is 1.83. The van der Waals surface area contributed by atoms with E-state index in [0.717, 1.165) is 0 Å². The summed E-state index contributed by atoms with van der Waals surface area (Å²) in [6.07, 6.45) is 0.839. The number of hydrogen-bond donors (Lipinski definition) is 1. The fraction of sp³-hybridized carbons (Fsp3) is 0.455. The average molecular weight is 279 g/mol. The topological polar surface area (TPSA) is 102 Å². The number of ether oxygens (including phenoxy) is 2. The van der Waals surface area contributed by atoms with Gasteiger partial charge >= 0.3 is 6.01 Å². The van der Waals surface area contributed by atoms with Gasteiger partial charge in [-0.1, -0.05) is 0 Å². The molecule has 0 saturated carbocycles. The summed E-state index contributed by atoms with van der Waals surface area (Å²) in [7, 11) is 2.95. The molecule has 1 fully saturated rings. The van der Waals surface area contributed by atoms with E-state index in [1.54, 1.807) is 0 Å². The number of carbonyl (C=O) groups excluding carboxylic acids is 1. The number of hydrogen-bond acceptors (Lipinski definition) is 7. The molecule has 9 nitrogen and oxygen atoms in total. The Morgan fingerprint density at radius 1 is 1.40 bits per heavy atom. The molecule has 1 N–H and O–H groups in total. The molecule has 3 rings (SSSR count). The predicted molar refractivity (Wildman–Crippen MR) is 66.9 cm³/mol. The first-order valence-electron chi connectivity index (χ1n) is 5.96. The molecule has 9 heteroatoms. The number of aliphatic hydroxyl groups excluding tert-OH is 1. The Hall–Kier alpha value is -2.42. The third-order valence-corrected chi connectivity index (χ3v) is 3.04. The number of methoxy groups -OCH3 is 2. The molecule has 0 aliphatic carbocycles. The number of anilines is 1. The van der Waals surface area contributed by atoms with Crippen LogP contribution < -0.4 is 14.4 Å². The maximum absolute atomic E-state index is 11.8. The van der Waals surface area contributed by atoms with Crippen molar-refractivity contribution in [2.75, 3.05) is 25.7 Å². The van der Waals surface area contributed by atoms with Crippen molar-refractivity contribution in [3.8, 4) is 11.8 Å². The van der Waals surface area contributed by atoms with Gasteiger partial charge in [-0.05, 0) is 0 Å². The fourth-order valence-electron chi connectivity index (χ4n) is 2.10. The van der Waals surface area contributed by atoms with E-state index in [4.69, 9.17) is 9.47 Å². The lowest BCUT2D eigenvalue weighted by Gasteiger charge is -2.09. The standard InChI is InChI=1S/C11H13N5O4/c1-19-7-4-12-11(20-2)16-9(7)13-10(14-16)15-5-6(17)3-8(15)18/h4,6,17H,3,5H2,1-2H3. The lowest BCUT2D eigenvalue weighted by atomic mass is 10.3. The van der Waals surface area contributed by atoms with E-state index < -0.39 is 6.10 Å². The molecule has 2 aromatic rings. The van der Waals surface area contributed by atoms with Gasteiger partial charge in [0.15, 0.2) is 5.75 Å². The summed E-state index contributed by atoms with van der Waals surface area (Å²) in [5, 5.41) is 13.7. The van der Waals surface area contributed by atoms with Crippen molar-refractivity contribution in [2.24, 2.45) is 0 Å². The highest BCUT2D eigenvalue weighted by Crippen LogP contribution is 2.25. The zero-order valence-corrected chi connectivity index (χ0v) is 11.0. The zero-order chi connectivity index (χ0) is 14.3. The Morgan fingerprint density at radius 2 is 2.20 bits per heavy atom. The summed E-state index contributed by atoms with van der Waals surface area (Å²) in [4.78, 5) is 21.4. The number of β-amino-alcohol motifs (C(OH)–C–C–N with tert-alkyl or cyclic N) is 1. The smallest absolute Gasteiger partial charge is 0.319 e. The van der Waals surface area contributed by atoms with Crippen LogP contribution in [0.5, 0.6) is 11.8 Å². The molecule has 0 aromatic carbocycles. The van der Waals surface area contributed by atoms with E-state index in [0.29, 0.717) is 11.4 Å². The molecule has 0 bridgehead atoms. The molecular weight excluding hydrogens is 266 g/mol. The number of carbonyl (C=O) groups is 1. The Morgan fingerprint density at radius 3 is 2.80 bits per heavy atom. The molecule has 3 heterocycles. The van der Waals surface area contributed by atoms with Crippen LogP contribution >= 0.6 is 0 Å². The lowest BCUT2D eigenvalue weighted by molar-refractivity contribution is -0.117. The number of rotatable bonds is 3. The summed E-state index contributed by atoms with van der Waals surface area (Å²) in [5.74, 6) is 0.382. The number of nitrogens with zero attached hydrogens (tertiary/aromatic N) is 5. The Kier molecular flexibility index (Phi) is 2.90. The first-order valence-corrected chi connectivity index (χ1v) is 5.96. The van der Waals surface area contributed by atoms with Crippen molar-refractivity contribution in [3.05, 3.63) is 6.20 Å². The maximum atomic E-state index is 11.8. The molecular formula is C11H13N5O4. The zero-order valence-electron chi connectivity index (χ0n) is 11.0. The van der Waals surface area contributed by atoms with E-state index in [2.05, 4.69) is 15.1 Å². The Bertz CT molecular complexity index is 629. The number of aliphatic hydroxyl groups is 1. The van der Waals surface area contributed by atoms with Crippen LogP contribution in [0.25, 0.3) is 5.65 Å². The molecule has 2 aromatic heterocycles. The van der Waals surface area contributed by atoms with E-state index in [-0.39, 0.29) is 30.8 Å². The Labute approximate surface area is 113 Å². The number of amides is 1. The van der Waals surface area contributed by atoms with Gasteiger partial charge in [0.05, 0.1) is 39.5 Å². The molecule has 20 heavy (non-hydrogen) atoms. The molecule has 1 saturated heterocycles. The largest absolute Gasteiger partial charge is 0.491 e. The maximum Gasteiger partial charge on any atom is 0.319 e. The average Bonchev–Trinajstić information content (AvgIpc) is 3.00. The fourth-order valence-corrected chi connectivity index (χ4v) is 2.10. The van der Waals surface area contributed by atoms with Gasteiger partial charge in [0, 0.05) is 0 Å². The van der Waals surface area contributed by atoms with Gasteiger partial charge in [0.1, 0.15) is 0 Å². The molecule has 1 aliphatic rings. The minimum Gasteiger partial charge on any atom is -0.491 e. The van der Waals surface area contributed by atoms with Crippen LogP contribution in [0.4, 0.5) is 5.95 Å². The van der Waals surface area contributed by atoms with E-state index in [1.807, 2.05) is 0 Å². The molecule has 0 spiro atoms. The second-order valence-corrected chi connectivity index (χ2v) is 4.32. The molecule has 106 valence electrons. The lowest BCUT2D eigenvalue weighted by Crippen LogP contribution is -2.26. The van der Waals surface area contributed by atoms with Crippen LogP contribution in [0.1, 0.15) is 6.42 Å². The highest BCUT2D eigenvalue weighted by Gasteiger charge is 2.32. The van der Waals surface area contributed by atoms with Crippen molar-refractivity contribution in [3.63, 3.8) is 0 Å². The summed E-state index contributed by atoms with van der Waals surface area (Å²) < 4.78 is 11.6. The Balaban J connectivity index is 2.12. The van der Waals surface area contributed by atoms with Crippen molar-refractivity contribution in [1.29, 1.82) is 0 Å². The van der Waals surface area contributed by atoms with E-state index >= 15 is 0 Å². The normalized spacial score (nSPS) is 18.9. The van der Waals surface area contributed by atoms with Gasteiger partial charge in [-0.15, -0.1) is 5.10 Å². The quantitative estimate of drug-likeness (QED) is 0.787. The van der Waals surface area contributed by atoms with Crippen LogP contribution in [-0.2, 0) is 4.79 Å². The van der Waals surface area contributed by atoms with Gasteiger partial charge in [-0.3, -0.25) is 9.69 Å². The van der Waals surface area contributed by atoms with E-state index in [1.165, 1.54) is 29.8 Å². The summed E-state index contributed by atoms with van der Waals surface area (Å²) in [6.45, 7) is 0.174. The van der Waals surface area contributed by atoms with Gasteiger partial charge in [0.2, 0.25) is 11.6 Å². The van der Waals surface area contributed by atoms with Gasteiger partial charge < -0.3 is 14.6 Å². The number of aromatic nitrogens is 4. The van der Waals surface area contributed by atoms with E-state index in [9.17, 15) is 9.90 Å². The van der Waals surface area contributed by atoms with Crippen LogP contribution in [-0.4, -0.2) is 57.5 Å². The molecule has 1 aliphatic heterocycles. The molecule has 1 atom stereocenters. The SMILES string of the molecule is COc1cnc(OC)n2nc(N3CC(O)CC3=O)nc12. The monoisotopic (exact) mass is 279 g/mol. The predicted octanol–water partition coefficient (Wildman–Crippen LogP) is -0.761. The molecule has 1 unspecified atom stereocenters. The second-order valence-electron chi connectivity index (χ2n) is 4.32. The van der Waals surface area contributed by atoms with Crippen LogP contribution in [0.2, 0.25) is 0 Å².